The zero-order valence-corrected chi connectivity index (χ0v) is 15.0. The third kappa shape index (κ3) is 4.04. The summed E-state index contributed by atoms with van der Waals surface area (Å²) in [5.41, 5.74) is 4.52. The summed E-state index contributed by atoms with van der Waals surface area (Å²) in [6.07, 6.45) is 1.53. The van der Waals surface area contributed by atoms with E-state index in [1.165, 1.54) is 6.33 Å². The first-order chi connectivity index (χ1) is 13.8. The van der Waals surface area contributed by atoms with Gasteiger partial charge in [0.05, 0.1) is 12.2 Å². The summed E-state index contributed by atoms with van der Waals surface area (Å²) < 4.78 is 1.57. The molecule has 0 saturated heterocycles. The number of tetrazole rings is 1. The summed E-state index contributed by atoms with van der Waals surface area (Å²) in [4.78, 5) is 12.4. The Bertz CT molecular complexity index is 1050. The molecule has 138 valence electrons. The van der Waals surface area contributed by atoms with E-state index in [1.54, 1.807) is 4.68 Å². The van der Waals surface area contributed by atoms with Crippen molar-refractivity contribution in [3.63, 3.8) is 0 Å². The maximum Gasteiger partial charge on any atom is 0.243 e. The lowest BCUT2D eigenvalue weighted by Gasteiger charge is -2.12. The van der Waals surface area contributed by atoms with Crippen molar-refractivity contribution >= 4 is 17.3 Å². The number of rotatable bonds is 6. The number of carbonyl (C=O) groups is 1. The molecule has 1 amide bonds. The smallest absolute Gasteiger partial charge is 0.243 e. The Morgan fingerprint density at radius 3 is 2.39 bits per heavy atom. The first-order valence-corrected chi connectivity index (χ1v) is 8.81. The van der Waals surface area contributed by atoms with Crippen molar-refractivity contribution in [1.29, 1.82) is 0 Å². The quantitative estimate of drug-likeness (QED) is 0.543. The standard InChI is InChI=1S/C21H18N6O/c28-21(14-22-17-10-12-18(13-11-17)27-15-23-25-26-27)24-20-9-5-4-8-19(20)16-6-2-1-3-7-16/h1-13,15,22H,14H2,(H,24,28). The van der Waals surface area contributed by atoms with Gasteiger partial charge in [-0.05, 0) is 46.3 Å². The van der Waals surface area contributed by atoms with Crippen LogP contribution in [0.15, 0.2) is 85.2 Å². The Hall–Kier alpha value is -4.00. The van der Waals surface area contributed by atoms with Crippen LogP contribution in [0.5, 0.6) is 0 Å². The van der Waals surface area contributed by atoms with Crippen molar-refractivity contribution in [1.82, 2.24) is 20.2 Å². The van der Waals surface area contributed by atoms with Gasteiger partial charge in [0.25, 0.3) is 0 Å². The van der Waals surface area contributed by atoms with Gasteiger partial charge in [0.2, 0.25) is 5.91 Å². The highest BCUT2D eigenvalue weighted by atomic mass is 16.1. The van der Waals surface area contributed by atoms with E-state index in [9.17, 15) is 4.79 Å². The molecule has 0 aliphatic heterocycles. The van der Waals surface area contributed by atoms with Crippen LogP contribution in [0.25, 0.3) is 16.8 Å². The third-order valence-electron chi connectivity index (χ3n) is 4.22. The molecule has 7 heteroatoms. The van der Waals surface area contributed by atoms with Crippen LogP contribution in [0.2, 0.25) is 0 Å². The molecule has 0 fully saturated rings. The number of carbonyl (C=O) groups excluding carboxylic acids is 1. The highest BCUT2D eigenvalue weighted by Crippen LogP contribution is 2.27. The Morgan fingerprint density at radius 2 is 1.64 bits per heavy atom. The second kappa shape index (κ2) is 8.13. The molecule has 0 spiro atoms. The number of aromatic nitrogens is 4. The zero-order valence-electron chi connectivity index (χ0n) is 15.0. The second-order valence-corrected chi connectivity index (χ2v) is 6.11. The van der Waals surface area contributed by atoms with Gasteiger partial charge in [0.15, 0.2) is 0 Å². The lowest BCUT2D eigenvalue weighted by atomic mass is 10.0. The number of benzene rings is 3. The van der Waals surface area contributed by atoms with Gasteiger partial charge in [-0.3, -0.25) is 4.79 Å². The molecule has 0 aliphatic rings. The molecule has 28 heavy (non-hydrogen) atoms. The van der Waals surface area contributed by atoms with Crippen molar-refractivity contribution in [2.45, 2.75) is 0 Å². The third-order valence-corrected chi connectivity index (χ3v) is 4.22. The molecule has 0 bridgehead atoms. The van der Waals surface area contributed by atoms with Crippen molar-refractivity contribution in [3.8, 4) is 16.8 Å². The van der Waals surface area contributed by atoms with E-state index >= 15 is 0 Å². The summed E-state index contributed by atoms with van der Waals surface area (Å²) >= 11 is 0. The molecule has 0 radical (unpaired) electrons. The first kappa shape index (κ1) is 17.4. The van der Waals surface area contributed by atoms with E-state index in [4.69, 9.17) is 0 Å². The van der Waals surface area contributed by atoms with Crippen LogP contribution in [0, 0.1) is 0 Å². The molecule has 0 atom stereocenters. The summed E-state index contributed by atoms with van der Waals surface area (Å²) in [5, 5.41) is 17.2. The maximum atomic E-state index is 12.4. The molecule has 4 aromatic rings. The van der Waals surface area contributed by atoms with Gasteiger partial charge in [-0.2, -0.15) is 0 Å². The summed E-state index contributed by atoms with van der Waals surface area (Å²) in [6, 6.07) is 25.3. The van der Waals surface area contributed by atoms with E-state index in [-0.39, 0.29) is 12.5 Å². The fraction of sp³-hybridized carbons (Fsp3) is 0.0476. The molecule has 0 aliphatic carbocycles. The van der Waals surface area contributed by atoms with Crippen molar-refractivity contribution in [3.05, 3.63) is 85.2 Å². The lowest BCUT2D eigenvalue weighted by Crippen LogP contribution is -2.22. The second-order valence-electron chi connectivity index (χ2n) is 6.11. The predicted octanol–water partition coefficient (Wildman–Crippen LogP) is 3.38. The number of nitrogens with zero attached hydrogens (tertiary/aromatic N) is 4. The molecule has 3 aromatic carbocycles. The van der Waals surface area contributed by atoms with Gasteiger partial charge < -0.3 is 10.6 Å². The van der Waals surface area contributed by atoms with E-state index in [0.29, 0.717) is 0 Å². The largest absolute Gasteiger partial charge is 0.376 e. The van der Waals surface area contributed by atoms with E-state index in [2.05, 4.69) is 26.2 Å². The number of amides is 1. The first-order valence-electron chi connectivity index (χ1n) is 8.81. The van der Waals surface area contributed by atoms with Crippen LogP contribution >= 0.6 is 0 Å². The number of nitrogens with one attached hydrogen (secondary N) is 2. The fourth-order valence-corrected chi connectivity index (χ4v) is 2.85. The van der Waals surface area contributed by atoms with Crippen LogP contribution in [-0.4, -0.2) is 32.7 Å². The Labute approximate surface area is 162 Å². The van der Waals surface area contributed by atoms with Gasteiger partial charge in [-0.25, -0.2) is 4.68 Å². The number of hydrogen-bond donors (Lipinski definition) is 2. The molecule has 7 nitrogen and oxygen atoms in total. The lowest BCUT2D eigenvalue weighted by molar-refractivity contribution is -0.114. The monoisotopic (exact) mass is 370 g/mol. The van der Waals surface area contributed by atoms with Crippen molar-refractivity contribution in [2.75, 3.05) is 17.2 Å². The summed E-state index contributed by atoms with van der Waals surface area (Å²) in [7, 11) is 0. The molecule has 2 N–H and O–H groups in total. The Balaban J connectivity index is 1.39. The Morgan fingerprint density at radius 1 is 0.893 bits per heavy atom. The number of hydrogen-bond acceptors (Lipinski definition) is 5. The minimum Gasteiger partial charge on any atom is -0.376 e. The SMILES string of the molecule is O=C(CNc1ccc(-n2cnnn2)cc1)Nc1ccccc1-c1ccccc1. The maximum absolute atomic E-state index is 12.4. The average Bonchev–Trinajstić information content (AvgIpc) is 3.29. The van der Waals surface area contributed by atoms with Crippen molar-refractivity contribution in [2.24, 2.45) is 0 Å². The predicted molar refractivity (Wildman–Crippen MR) is 108 cm³/mol. The molecule has 4 rings (SSSR count). The minimum absolute atomic E-state index is 0.118. The van der Waals surface area contributed by atoms with Gasteiger partial charge in [-0.1, -0.05) is 48.5 Å². The minimum atomic E-state index is -0.118. The van der Waals surface area contributed by atoms with Gasteiger partial charge in [0, 0.05) is 16.9 Å². The van der Waals surface area contributed by atoms with Crippen molar-refractivity contribution < 1.29 is 4.79 Å². The average molecular weight is 370 g/mol. The topological polar surface area (TPSA) is 84.7 Å². The Kier molecular flexibility index (Phi) is 5.06. The summed E-state index contributed by atoms with van der Waals surface area (Å²) in [6.45, 7) is 0.160. The molecule has 1 heterocycles. The highest BCUT2D eigenvalue weighted by Gasteiger charge is 2.08. The van der Waals surface area contributed by atoms with E-state index in [0.717, 1.165) is 28.2 Å². The fourth-order valence-electron chi connectivity index (χ4n) is 2.85. The highest BCUT2D eigenvalue weighted by molar-refractivity contribution is 5.97. The van der Waals surface area contributed by atoms with Crippen LogP contribution in [-0.2, 0) is 4.79 Å². The number of para-hydroxylation sites is 1. The molecular formula is C21H18N6O. The zero-order chi connectivity index (χ0) is 19.2. The molecular weight excluding hydrogens is 352 g/mol. The normalized spacial score (nSPS) is 10.4. The molecule has 0 saturated carbocycles. The van der Waals surface area contributed by atoms with Crippen LogP contribution in [0.4, 0.5) is 11.4 Å². The van der Waals surface area contributed by atoms with Gasteiger partial charge >= 0.3 is 0 Å². The molecule has 1 aromatic heterocycles. The van der Waals surface area contributed by atoms with Crippen LogP contribution < -0.4 is 10.6 Å². The number of anilines is 2. The van der Waals surface area contributed by atoms with Crippen LogP contribution in [0.3, 0.4) is 0 Å². The van der Waals surface area contributed by atoms with E-state index in [1.807, 2.05) is 78.9 Å². The van der Waals surface area contributed by atoms with Gasteiger partial charge in [-0.15, -0.1) is 5.10 Å². The molecule has 0 unspecified atom stereocenters. The summed E-state index contributed by atoms with van der Waals surface area (Å²) in [5.74, 6) is -0.118. The van der Waals surface area contributed by atoms with Gasteiger partial charge in [0.1, 0.15) is 6.33 Å². The van der Waals surface area contributed by atoms with E-state index < -0.39 is 0 Å². The van der Waals surface area contributed by atoms with Crippen LogP contribution in [0.1, 0.15) is 0 Å².